The van der Waals surface area contributed by atoms with Crippen molar-refractivity contribution >= 4 is 36.0 Å². The number of carbonyl (C=O) groups excluding carboxylic acids is 2. The van der Waals surface area contributed by atoms with Gasteiger partial charge in [0.05, 0.1) is 0 Å². The summed E-state index contributed by atoms with van der Waals surface area (Å²) in [7, 11) is 0. The van der Waals surface area contributed by atoms with Crippen LogP contribution in [0.5, 0.6) is 0 Å². The number of carbonyl (C=O) groups is 2. The Morgan fingerprint density at radius 1 is 1.24 bits per heavy atom. The molecule has 0 spiro atoms. The van der Waals surface area contributed by atoms with Gasteiger partial charge in [0.1, 0.15) is 0 Å². The van der Waals surface area contributed by atoms with Crippen LogP contribution in [0.4, 0.5) is 0 Å². The summed E-state index contributed by atoms with van der Waals surface area (Å²) < 4.78 is 0. The summed E-state index contributed by atoms with van der Waals surface area (Å²) in [5.41, 5.74) is 0. The van der Waals surface area contributed by atoms with Crippen LogP contribution >= 0.6 is 24.2 Å². The summed E-state index contributed by atoms with van der Waals surface area (Å²) in [6, 6.07) is 0.284. The first kappa shape index (κ1) is 18.6. The van der Waals surface area contributed by atoms with Gasteiger partial charge in [0, 0.05) is 56.6 Å². The van der Waals surface area contributed by atoms with Gasteiger partial charge in [-0.1, -0.05) is 0 Å². The van der Waals surface area contributed by atoms with E-state index in [9.17, 15) is 9.59 Å². The molecule has 1 unspecified atom stereocenters. The first-order chi connectivity index (χ1) is 9.75. The van der Waals surface area contributed by atoms with Crippen molar-refractivity contribution in [2.75, 3.05) is 37.7 Å². The van der Waals surface area contributed by atoms with E-state index in [1.165, 1.54) is 6.42 Å². The second-order valence-corrected chi connectivity index (χ2v) is 6.62. The molecule has 7 heteroatoms. The molecule has 2 heterocycles. The Labute approximate surface area is 137 Å². The van der Waals surface area contributed by atoms with E-state index in [2.05, 4.69) is 10.6 Å². The molecule has 0 aromatic rings. The molecule has 0 radical (unpaired) electrons. The third kappa shape index (κ3) is 6.89. The monoisotopic (exact) mass is 335 g/mol. The van der Waals surface area contributed by atoms with Gasteiger partial charge in [0.2, 0.25) is 11.8 Å². The quantitative estimate of drug-likeness (QED) is 0.787. The number of nitrogens with zero attached hydrogens (tertiary/aromatic N) is 1. The summed E-state index contributed by atoms with van der Waals surface area (Å²) in [4.78, 5) is 25.6. The van der Waals surface area contributed by atoms with Crippen LogP contribution in [0.2, 0.25) is 0 Å². The van der Waals surface area contributed by atoms with Gasteiger partial charge in [-0.2, -0.15) is 11.8 Å². The lowest BCUT2D eigenvalue weighted by Crippen LogP contribution is -2.42. The van der Waals surface area contributed by atoms with Crippen molar-refractivity contribution in [1.29, 1.82) is 0 Å². The highest BCUT2D eigenvalue weighted by molar-refractivity contribution is 7.99. The van der Waals surface area contributed by atoms with Crippen molar-refractivity contribution in [1.82, 2.24) is 15.5 Å². The number of likely N-dealkylation sites (tertiary alicyclic amines) is 1. The lowest BCUT2D eigenvalue weighted by atomic mass is 10.1. The normalized spacial score (nSPS) is 22.3. The number of amides is 2. The highest BCUT2D eigenvalue weighted by Crippen LogP contribution is 2.11. The van der Waals surface area contributed by atoms with Crippen molar-refractivity contribution in [3.05, 3.63) is 0 Å². The predicted molar refractivity (Wildman–Crippen MR) is 89.0 cm³/mol. The number of nitrogens with one attached hydrogen (secondary N) is 2. The van der Waals surface area contributed by atoms with Crippen molar-refractivity contribution in [3.8, 4) is 0 Å². The maximum Gasteiger partial charge on any atom is 0.224 e. The van der Waals surface area contributed by atoms with E-state index in [0.717, 1.165) is 44.0 Å². The number of thioether (sulfide) groups is 1. The molecule has 0 bridgehead atoms. The molecule has 5 nitrogen and oxygen atoms in total. The van der Waals surface area contributed by atoms with E-state index in [1.54, 1.807) is 0 Å². The van der Waals surface area contributed by atoms with Crippen LogP contribution in [-0.4, -0.2) is 60.4 Å². The van der Waals surface area contributed by atoms with Gasteiger partial charge in [-0.05, 0) is 19.3 Å². The number of halogens is 1. The van der Waals surface area contributed by atoms with E-state index in [1.807, 2.05) is 16.7 Å². The van der Waals surface area contributed by atoms with Crippen molar-refractivity contribution in [3.63, 3.8) is 0 Å². The SMILES string of the molecule is Cl.O=C(CC1CSCCN1)NCCC(=O)N1CCCCC1. The van der Waals surface area contributed by atoms with Crippen LogP contribution in [0.3, 0.4) is 0 Å². The molecule has 0 aliphatic carbocycles. The highest BCUT2D eigenvalue weighted by atomic mass is 35.5. The molecule has 2 saturated heterocycles. The summed E-state index contributed by atoms with van der Waals surface area (Å²) in [5, 5.41) is 6.21. The molecular formula is C14H26ClN3O2S. The predicted octanol–water partition coefficient (Wildman–Crippen LogP) is 1.02. The molecule has 0 saturated carbocycles. The fraction of sp³-hybridized carbons (Fsp3) is 0.857. The lowest BCUT2D eigenvalue weighted by Gasteiger charge is -2.26. The maximum absolute atomic E-state index is 11.9. The van der Waals surface area contributed by atoms with Gasteiger partial charge >= 0.3 is 0 Å². The fourth-order valence-electron chi connectivity index (χ4n) is 2.66. The molecule has 0 aromatic carbocycles. The van der Waals surface area contributed by atoms with E-state index in [-0.39, 0.29) is 30.3 Å². The average Bonchev–Trinajstić information content (AvgIpc) is 2.49. The zero-order chi connectivity index (χ0) is 14.2. The first-order valence-electron chi connectivity index (χ1n) is 7.61. The summed E-state index contributed by atoms with van der Waals surface area (Å²) in [6.07, 6.45) is 4.41. The van der Waals surface area contributed by atoms with Crippen LogP contribution in [0.1, 0.15) is 32.1 Å². The Balaban J connectivity index is 0.00000220. The van der Waals surface area contributed by atoms with Gasteiger partial charge in [-0.15, -0.1) is 12.4 Å². The van der Waals surface area contributed by atoms with Gasteiger partial charge < -0.3 is 15.5 Å². The largest absolute Gasteiger partial charge is 0.356 e. The average molecular weight is 336 g/mol. The maximum atomic E-state index is 11.9. The second-order valence-electron chi connectivity index (χ2n) is 5.47. The zero-order valence-electron chi connectivity index (χ0n) is 12.4. The van der Waals surface area contributed by atoms with Gasteiger partial charge in [-0.3, -0.25) is 9.59 Å². The molecule has 0 aromatic heterocycles. The standard InChI is InChI=1S/C14H25N3O2S.ClH/c18-13(10-12-11-20-9-6-15-12)16-5-4-14(19)17-7-2-1-3-8-17;/h12,15H,1-11H2,(H,16,18);1H. The molecule has 21 heavy (non-hydrogen) atoms. The number of hydrogen-bond donors (Lipinski definition) is 2. The van der Waals surface area contributed by atoms with Gasteiger partial charge in [0.25, 0.3) is 0 Å². The first-order valence-corrected chi connectivity index (χ1v) is 8.77. The van der Waals surface area contributed by atoms with Crippen LogP contribution in [-0.2, 0) is 9.59 Å². The molecule has 2 aliphatic rings. The van der Waals surface area contributed by atoms with Gasteiger partial charge in [0.15, 0.2) is 0 Å². The van der Waals surface area contributed by atoms with E-state index < -0.39 is 0 Å². The molecule has 2 fully saturated rings. The van der Waals surface area contributed by atoms with E-state index in [4.69, 9.17) is 0 Å². The minimum absolute atomic E-state index is 0. The van der Waals surface area contributed by atoms with Crippen LogP contribution in [0, 0.1) is 0 Å². The summed E-state index contributed by atoms with van der Waals surface area (Å²) >= 11 is 1.89. The fourth-order valence-corrected chi connectivity index (χ4v) is 3.61. The van der Waals surface area contributed by atoms with Crippen molar-refractivity contribution in [2.45, 2.75) is 38.1 Å². The highest BCUT2D eigenvalue weighted by Gasteiger charge is 2.18. The number of rotatable bonds is 5. The number of piperidine rings is 1. The van der Waals surface area contributed by atoms with E-state index in [0.29, 0.717) is 19.4 Å². The van der Waals surface area contributed by atoms with Crippen molar-refractivity contribution < 1.29 is 9.59 Å². The molecule has 2 amide bonds. The Bertz CT molecular complexity index is 332. The summed E-state index contributed by atoms with van der Waals surface area (Å²) in [6.45, 7) is 3.22. The van der Waals surface area contributed by atoms with Crippen LogP contribution in [0.25, 0.3) is 0 Å². The van der Waals surface area contributed by atoms with Crippen molar-refractivity contribution in [2.24, 2.45) is 0 Å². The third-order valence-corrected chi connectivity index (χ3v) is 4.93. The third-order valence-electron chi connectivity index (χ3n) is 3.80. The number of hydrogen-bond acceptors (Lipinski definition) is 4. The molecule has 1 atom stereocenters. The minimum Gasteiger partial charge on any atom is -0.356 e. The molecule has 2 aliphatic heterocycles. The van der Waals surface area contributed by atoms with Crippen LogP contribution < -0.4 is 10.6 Å². The molecule has 2 rings (SSSR count). The Kier molecular flexibility index (Phi) is 9.11. The van der Waals surface area contributed by atoms with Crippen LogP contribution in [0.15, 0.2) is 0 Å². The molecular weight excluding hydrogens is 310 g/mol. The Hall–Kier alpha value is -0.460. The minimum atomic E-state index is 0. The smallest absolute Gasteiger partial charge is 0.224 e. The Morgan fingerprint density at radius 2 is 2.00 bits per heavy atom. The Morgan fingerprint density at radius 3 is 2.67 bits per heavy atom. The summed E-state index contributed by atoms with van der Waals surface area (Å²) in [5.74, 6) is 2.36. The molecule has 122 valence electrons. The van der Waals surface area contributed by atoms with E-state index >= 15 is 0 Å². The topological polar surface area (TPSA) is 61.4 Å². The van der Waals surface area contributed by atoms with Gasteiger partial charge in [-0.25, -0.2) is 0 Å². The lowest BCUT2D eigenvalue weighted by molar-refractivity contribution is -0.132. The zero-order valence-corrected chi connectivity index (χ0v) is 14.1. The second kappa shape index (κ2) is 10.3. The molecule has 2 N–H and O–H groups in total.